The largest absolute Gasteiger partial charge is 0.481 e. The molecule has 0 radical (unpaired) electrons. The first kappa shape index (κ1) is 27.8. The quantitative estimate of drug-likeness (QED) is 0.475. The standard InChI is InChI=1S/C26H29Cl2F2N5O4/c1-13(23(38)34(10-15-4-5-15)20-11-33(3)32-14(20)2)19-8-25(29,30)12-35(19)26(9-21(36)37)17-6-16(27)7-18(28)22(17)31-24(26)39/h6-7,11,13,15,19H,4-5,8-10,12H2,1-3H3,(H,31,39)(H,36,37)/t13-,19-,26-/m1/s1. The minimum Gasteiger partial charge on any atom is -0.481 e. The molecular weight excluding hydrogens is 555 g/mol. The molecule has 0 spiro atoms. The first-order valence-corrected chi connectivity index (χ1v) is 13.5. The number of nitrogens with zero attached hydrogens (tertiary/aromatic N) is 4. The number of aryl methyl sites for hydroxylation is 2. The fourth-order valence-corrected chi connectivity index (χ4v) is 6.53. The number of hydrogen-bond donors (Lipinski definition) is 2. The van der Waals surface area contributed by atoms with E-state index in [4.69, 9.17) is 23.2 Å². The minimum atomic E-state index is -3.28. The summed E-state index contributed by atoms with van der Waals surface area (Å²) < 4.78 is 32.0. The van der Waals surface area contributed by atoms with Gasteiger partial charge in [0, 0.05) is 42.8 Å². The lowest BCUT2D eigenvalue weighted by Crippen LogP contribution is -2.57. The minimum absolute atomic E-state index is 0.0624. The summed E-state index contributed by atoms with van der Waals surface area (Å²) in [6, 6.07) is 1.61. The van der Waals surface area contributed by atoms with Crippen molar-refractivity contribution in [2.75, 3.05) is 23.3 Å². The average Bonchev–Trinajstić information content (AvgIpc) is 3.43. The van der Waals surface area contributed by atoms with Gasteiger partial charge in [0.25, 0.3) is 5.92 Å². The van der Waals surface area contributed by atoms with Gasteiger partial charge in [-0.15, -0.1) is 0 Å². The molecule has 1 aromatic carbocycles. The maximum absolute atomic E-state index is 15.2. The fourth-order valence-electron chi connectivity index (χ4n) is 5.99. The summed E-state index contributed by atoms with van der Waals surface area (Å²) in [7, 11) is 1.74. The van der Waals surface area contributed by atoms with Crippen molar-refractivity contribution in [1.82, 2.24) is 14.7 Å². The molecule has 2 fully saturated rings. The van der Waals surface area contributed by atoms with Crippen LogP contribution >= 0.6 is 23.2 Å². The van der Waals surface area contributed by atoms with Gasteiger partial charge in [0.1, 0.15) is 5.54 Å². The van der Waals surface area contributed by atoms with Gasteiger partial charge >= 0.3 is 5.97 Å². The summed E-state index contributed by atoms with van der Waals surface area (Å²) in [5.41, 5.74) is -0.585. The summed E-state index contributed by atoms with van der Waals surface area (Å²) in [5, 5.41) is 17.0. The van der Waals surface area contributed by atoms with Crippen LogP contribution in [-0.2, 0) is 27.0 Å². The maximum Gasteiger partial charge on any atom is 0.306 e. The van der Waals surface area contributed by atoms with E-state index in [0.717, 1.165) is 12.8 Å². The number of likely N-dealkylation sites (tertiary alicyclic amines) is 1. The molecule has 3 aliphatic rings. The van der Waals surface area contributed by atoms with Gasteiger partial charge in [-0.05, 0) is 37.8 Å². The molecule has 0 unspecified atom stereocenters. The first-order chi connectivity index (χ1) is 18.2. The Hall–Kier alpha value is -2.76. The molecule has 1 saturated heterocycles. The van der Waals surface area contributed by atoms with E-state index in [1.54, 1.807) is 36.7 Å². The van der Waals surface area contributed by atoms with Gasteiger partial charge in [-0.1, -0.05) is 30.1 Å². The van der Waals surface area contributed by atoms with Gasteiger partial charge in [-0.3, -0.25) is 24.0 Å². The zero-order valence-electron chi connectivity index (χ0n) is 21.7. The highest BCUT2D eigenvalue weighted by Crippen LogP contribution is 2.52. The van der Waals surface area contributed by atoms with Crippen molar-refractivity contribution in [2.45, 2.75) is 57.0 Å². The number of alkyl halides is 2. The number of anilines is 2. The van der Waals surface area contributed by atoms with E-state index in [1.165, 1.54) is 17.0 Å². The number of carbonyl (C=O) groups excluding carboxylic acids is 2. The molecule has 2 aliphatic heterocycles. The second-order valence-corrected chi connectivity index (χ2v) is 11.7. The molecule has 2 amide bonds. The highest BCUT2D eigenvalue weighted by Gasteiger charge is 2.62. The zero-order chi connectivity index (χ0) is 28.4. The lowest BCUT2D eigenvalue weighted by atomic mass is 9.83. The van der Waals surface area contributed by atoms with Crippen LogP contribution in [0.4, 0.5) is 20.2 Å². The predicted molar refractivity (Wildman–Crippen MR) is 141 cm³/mol. The number of nitrogens with one attached hydrogen (secondary N) is 1. The molecule has 2 aromatic rings. The van der Waals surface area contributed by atoms with Crippen LogP contribution in [0.5, 0.6) is 0 Å². The van der Waals surface area contributed by atoms with Crippen molar-refractivity contribution in [3.05, 3.63) is 39.6 Å². The van der Waals surface area contributed by atoms with Gasteiger partial charge in [-0.25, -0.2) is 8.78 Å². The lowest BCUT2D eigenvalue weighted by molar-refractivity contribution is -0.147. The van der Waals surface area contributed by atoms with Crippen LogP contribution in [0.25, 0.3) is 0 Å². The number of rotatable bonds is 8. The third-order valence-electron chi connectivity index (χ3n) is 7.97. The Morgan fingerprint density at radius 3 is 2.59 bits per heavy atom. The van der Waals surface area contributed by atoms with Crippen LogP contribution in [-0.4, -0.2) is 62.6 Å². The molecule has 210 valence electrons. The normalized spacial score (nSPS) is 24.9. The molecule has 1 aliphatic carbocycles. The molecule has 1 aromatic heterocycles. The van der Waals surface area contributed by atoms with Crippen LogP contribution in [0.15, 0.2) is 18.3 Å². The number of aliphatic carboxylic acids is 1. The molecule has 3 heterocycles. The van der Waals surface area contributed by atoms with Gasteiger partial charge < -0.3 is 15.3 Å². The van der Waals surface area contributed by atoms with Gasteiger partial charge in [0.05, 0.1) is 41.0 Å². The molecule has 5 rings (SSSR count). The smallest absolute Gasteiger partial charge is 0.306 e. The second-order valence-electron chi connectivity index (χ2n) is 10.9. The molecular formula is C26H29Cl2F2N5O4. The van der Waals surface area contributed by atoms with E-state index in [0.29, 0.717) is 23.8 Å². The number of amides is 2. The number of carbonyl (C=O) groups is 3. The Bertz CT molecular complexity index is 1360. The molecule has 2 N–H and O–H groups in total. The van der Waals surface area contributed by atoms with Crippen LogP contribution in [0.1, 0.15) is 43.9 Å². The molecule has 39 heavy (non-hydrogen) atoms. The fraction of sp³-hybridized carbons (Fsp3) is 0.538. The van der Waals surface area contributed by atoms with Crippen molar-refractivity contribution in [3.8, 4) is 0 Å². The van der Waals surface area contributed by atoms with Crippen LogP contribution in [0.3, 0.4) is 0 Å². The summed E-state index contributed by atoms with van der Waals surface area (Å²) in [6.07, 6.45) is 2.11. The Morgan fingerprint density at radius 1 is 1.31 bits per heavy atom. The Kier molecular flexibility index (Phi) is 6.92. The van der Waals surface area contributed by atoms with E-state index in [9.17, 15) is 19.5 Å². The summed E-state index contributed by atoms with van der Waals surface area (Å²) in [5.74, 6) is -6.54. The van der Waals surface area contributed by atoms with Crippen molar-refractivity contribution < 1.29 is 28.3 Å². The van der Waals surface area contributed by atoms with Gasteiger partial charge in [0.2, 0.25) is 11.8 Å². The Morgan fingerprint density at radius 2 is 2.00 bits per heavy atom. The molecule has 3 atom stereocenters. The van der Waals surface area contributed by atoms with Crippen molar-refractivity contribution in [2.24, 2.45) is 18.9 Å². The van der Waals surface area contributed by atoms with Gasteiger partial charge in [0.15, 0.2) is 0 Å². The van der Waals surface area contributed by atoms with E-state index in [-0.39, 0.29) is 27.2 Å². The Balaban J connectivity index is 1.59. The number of aromatic nitrogens is 2. The average molecular weight is 584 g/mol. The Labute approximate surface area is 234 Å². The van der Waals surface area contributed by atoms with E-state index in [1.807, 2.05) is 0 Å². The number of benzene rings is 1. The van der Waals surface area contributed by atoms with Crippen molar-refractivity contribution in [1.29, 1.82) is 0 Å². The highest BCUT2D eigenvalue weighted by molar-refractivity contribution is 6.38. The third-order valence-corrected chi connectivity index (χ3v) is 8.49. The number of carboxylic acid groups (broad SMARTS) is 1. The van der Waals surface area contributed by atoms with E-state index in [2.05, 4.69) is 10.4 Å². The van der Waals surface area contributed by atoms with Crippen molar-refractivity contribution in [3.63, 3.8) is 0 Å². The van der Waals surface area contributed by atoms with Crippen LogP contribution < -0.4 is 10.2 Å². The third kappa shape index (κ3) is 4.89. The number of carboxylic acids is 1. The number of hydrogen-bond acceptors (Lipinski definition) is 5. The van der Waals surface area contributed by atoms with Crippen LogP contribution in [0, 0.1) is 18.8 Å². The molecule has 9 nitrogen and oxygen atoms in total. The molecule has 1 saturated carbocycles. The second kappa shape index (κ2) is 9.71. The monoisotopic (exact) mass is 583 g/mol. The summed E-state index contributed by atoms with van der Waals surface area (Å²) >= 11 is 12.5. The summed E-state index contributed by atoms with van der Waals surface area (Å²) in [6.45, 7) is 2.85. The van der Waals surface area contributed by atoms with E-state index < -0.39 is 54.7 Å². The summed E-state index contributed by atoms with van der Waals surface area (Å²) in [4.78, 5) is 42.5. The molecule has 0 bridgehead atoms. The maximum atomic E-state index is 15.2. The number of fused-ring (bicyclic) bond motifs is 1. The van der Waals surface area contributed by atoms with Gasteiger partial charge in [-0.2, -0.15) is 5.10 Å². The van der Waals surface area contributed by atoms with Crippen molar-refractivity contribution >= 4 is 52.4 Å². The first-order valence-electron chi connectivity index (χ1n) is 12.7. The SMILES string of the molecule is Cc1nn(C)cc1N(CC1CC1)C(=O)[C@H](C)[C@H]1CC(F)(F)CN1[C@@]1(CC(=O)O)C(=O)Nc2c(Cl)cc(Cl)cc21. The number of halogens is 4. The predicted octanol–water partition coefficient (Wildman–Crippen LogP) is 4.45. The molecule has 13 heteroatoms. The van der Waals surface area contributed by atoms with Crippen LogP contribution in [0.2, 0.25) is 10.0 Å². The zero-order valence-corrected chi connectivity index (χ0v) is 23.2. The van der Waals surface area contributed by atoms with E-state index >= 15 is 8.78 Å². The topological polar surface area (TPSA) is 108 Å². The lowest BCUT2D eigenvalue weighted by Gasteiger charge is -2.42. The highest BCUT2D eigenvalue weighted by atomic mass is 35.5.